The summed E-state index contributed by atoms with van der Waals surface area (Å²) in [5.41, 5.74) is 3.16. The summed E-state index contributed by atoms with van der Waals surface area (Å²) in [6.07, 6.45) is 3.30. The molecule has 0 aliphatic carbocycles. The van der Waals surface area contributed by atoms with Crippen LogP contribution in [-0.4, -0.2) is 49.7 Å². The minimum absolute atomic E-state index is 0.152. The summed E-state index contributed by atoms with van der Waals surface area (Å²) in [5, 5.41) is 20.1. The number of nitrogens with zero attached hydrogens (tertiary/aromatic N) is 3. The number of benzene rings is 2. The first-order valence-electron chi connectivity index (χ1n) is 10.6. The van der Waals surface area contributed by atoms with Gasteiger partial charge in [0.25, 0.3) is 0 Å². The average Bonchev–Trinajstić information content (AvgIpc) is 3.35. The Bertz CT molecular complexity index is 1300. The molecule has 1 saturated heterocycles. The van der Waals surface area contributed by atoms with Crippen LogP contribution in [0.1, 0.15) is 46.6 Å². The fourth-order valence-corrected chi connectivity index (χ4v) is 4.72. The highest BCUT2D eigenvalue weighted by molar-refractivity contribution is 5.96. The number of aromatic nitrogens is 2. The second kappa shape index (κ2) is 7.80. The molecule has 1 fully saturated rings. The van der Waals surface area contributed by atoms with Crippen molar-refractivity contribution in [1.82, 2.24) is 14.5 Å². The van der Waals surface area contributed by atoms with Gasteiger partial charge < -0.3 is 19.2 Å². The van der Waals surface area contributed by atoms with Crippen LogP contribution in [0, 0.1) is 0 Å². The van der Waals surface area contributed by atoms with Gasteiger partial charge in [-0.25, -0.2) is 9.78 Å². The molecule has 0 amide bonds. The zero-order valence-corrected chi connectivity index (χ0v) is 17.6. The normalized spacial score (nSPS) is 16.5. The van der Waals surface area contributed by atoms with Crippen molar-refractivity contribution >= 4 is 33.9 Å². The van der Waals surface area contributed by atoms with Crippen LogP contribution in [0.2, 0.25) is 0 Å². The van der Waals surface area contributed by atoms with Crippen molar-refractivity contribution in [3.05, 3.63) is 65.7 Å². The Morgan fingerprint density at radius 2 is 1.88 bits per heavy atom. The van der Waals surface area contributed by atoms with Crippen LogP contribution in [0.25, 0.3) is 22.0 Å². The molecule has 0 spiro atoms. The third-order valence-corrected chi connectivity index (χ3v) is 6.35. The van der Waals surface area contributed by atoms with Gasteiger partial charge in [0.05, 0.1) is 5.56 Å². The Balaban J connectivity index is 1.41. The molecule has 1 atom stereocenters. The van der Waals surface area contributed by atoms with E-state index in [1.165, 1.54) is 6.07 Å². The molecular weight excluding hydrogens is 410 g/mol. The molecule has 0 saturated carbocycles. The number of aliphatic carboxylic acids is 1. The second-order valence-electron chi connectivity index (χ2n) is 8.30. The number of piperidine rings is 1. The molecule has 8 heteroatoms. The number of carbonyl (C=O) groups is 2. The third-order valence-electron chi connectivity index (χ3n) is 6.35. The van der Waals surface area contributed by atoms with E-state index in [2.05, 4.69) is 4.98 Å². The number of hydrogen-bond acceptors (Lipinski definition) is 5. The van der Waals surface area contributed by atoms with Gasteiger partial charge in [-0.15, -0.1) is 0 Å². The molecule has 0 bridgehead atoms. The van der Waals surface area contributed by atoms with Gasteiger partial charge in [-0.3, -0.25) is 9.69 Å². The number of para-hydroxylation sites is 2. The molecule has 0 unspecified atom stereocenters. The van der Waals surface area contributed by atoms with Crippen molar-refractivity contribution in [1.29, 1.82) is 0 Å². The SMILES string of the molecule is Cn1cc([C@@H](C(=O)O)N2CCC(c3nc4ccccc4o3)CC2)c2ccc(C(=O)O)cc21. The molecule has 164 valence electrons. The number of aromatic carboxylic acids is 1. The zero-order chi connectivity index (χ0) is 22.4. The minimum Gasteiger partial charge on any atom is -0.480 e. The molecule has 32 heavy (non-hydrogen) atoms. The minimum atomic E-state index is -1.01. The second-order valence-corrected chi connectivity index (χ2v) is 8.30. The van der Waals surface area contributed by atoms with E-state index in [4.69, 9.17) is 4.42 Å². The van der Waals surface area contributed by atoms with Crippen molar-refractivity contribution in [3.63, 3.8) is 0 Å². The maximum absolute atomic E-state index is 12.3. The molecule has 8 nitrogen and oxygen atoms in total. The summed E-state index contributed by atoms with van der Waals surface area (Å²) in [4.78, 5) is 30.2. The van der Waals surface area contributed by atoms with Crippen LogP contribution < -0.4 is 0 Å². The maximum atomic E-state index is 12.3. The predicted molar refractivity (Wildman–Crippen MR) is 118 cm³/mol. The van der Waals surface area contributed by atoms with E-state index in [0.717, 1.165) is 29.3 Å². The van der Waals surface area contributed by atoms with Crippen molar-refractivity contribution < 1.29 is 24.2 Å². The molecule has 1 aliphatic rings. The number of hydrogen-bond donors (Lipinski definition) is 2. The first-order valence-corrected chi connectivity index (χ1v) is 10.6. The van der Waals surface area contributed by atoms with Crippen LogP contribution in [0.15, 0.2) is 53.1 Å². The summed E-state index contributed by atoms with van der Waals surface area (Å²) in [6, 6.07) is 11.7. The highest BCUT2D eigenvalue weighted by Gasteiger charge is 2.34. The summed E-state index contributed by atoms with van der Waals surface area (Å²) in [5.74, 6) is -1.06. The van der Waals surface area contributed by atoms with E-state index >= 15 is 0 Å². The molecule has 1 aliphatic heterocycles. The van der Waals surface area contributed by atoms with Gasteiger partial charge in [-0.2, -0.15) is 0 Å². The van der Waals surface area contributed by atoms with Gasteiger partial charge in [0.15, 0.2) is 11.5 Å². The first kappa shape index (κ1) is 20.3. The zero-order valence-electron chi connectivity index (χ0n) is 17.6. The van der Waals surface area contributed by atoms with Crippen LogP contribution in [0.5, 0.6) is 0 Å². The van der Waals surface area contributed by atoms with E-state index in [1.54, 1.807) is 29.9 Å². The van der Waals surface area contributed by atoms with Crippen molar-refractivity contribution in [2.75, 3.05) is 13.1 Å². The number of carboxylic acids is 2. The Labute approximate surface area is 183 Å². The molecule has 2 N–H and O–H groups in total. The van der Waals surface area contributed by atoms with Crippen LogP contribution in [0.4, 0.5) is 0 Å². The molecular formula is C24H23N3O5. The number of carboxylic acid groups (broad SMARTS) is 2. The predicted octanol–water partition coefficient (Wildman–Crippen LogP) is 4.02. The Hall–Kier alpha value is -3.65. The standard InChI is InChI=1S/C24H23N3O5/c1-26-13-17(16-7-6-15(23(28)29)12-19(16)26)21(24(30)31)27-10-8-14(9-11-27)22-25-18-4-2-3-5-20(18)32-22/h2-7,12-14,21H,8-11H2,1H3,(H,28,29)(H,30,31)/t21-/m0/s1. The number of oxazole rings is 1. The van der Waals surface area contributed by atoms with Gasteiger partial charge in [0.1, 0.15) is 11.6 Å². The van der Waals surface area contributed by atoms with E-state index in [1.807, 2.05) is 29.2 Å². The highest BCUT2D eigenvalue weighted by Crippen LogP contribution is 2.36. The monoisotopic (exact) mass is 433 g/mol. The fourth-order valence-electron chi connectivity index (χ4n) is 4.72. The van der Waals surface area contributed by atoms with Crippen LogP contribution in [-0.2, 0) is 11.8 Å². The lowest BCUT2D eigenvalue weighted by molar-refractivity contribution is -0.144. The van der Waals surface area contributed by atoms with Crippen LogP contribution in [0.3, 0.4) is 0 Å². The Kier molecular flexibility index (Phi) is 4.94. The number of likely N-dealkylation sites (tertiary alicyclic amines) is 1. The Morgan fingerprint density at radius 3 is 2.56 bits per heavy atom. The van der Waals surface area contributed by atoms with Gasteiger partial charge in [0.2, 0.25) is 0 Å². The smallest absolute Gasteiger partial charge is 0.335 e. The van der Waals surface area contributed by atoms with E-state index in [0.29, 0.717) is 30.1 Å². The average molecular weight is 433 g/mol. The quantitative estimate of drug-likeness (QED) is 0.489. The summed E-state index contributed by atoms with van der Waals surface area (Å²) in [6.45, 7) is 1.20. The highest BCUT2D eigenvalue weighted by atomic mass is 16.4. The van der Waals surface area contributed by atoms with E-state index in [9.17, 15) is 19.8 Å². The maximum Gasteiger partial charge on any atom is 0.335 e. The van der Waals surface area contributed by atoms with Gasteiger partial charge in [-0.1, -0.05) is 18.2 Å². The molecule has 5 rings (SSSR count). The summed E-state index contributed by atoms with van der Waals surface area (Å²) < 4.78 is 7.72. The molecule has 0 radical (unpaired) electrons. The number of fused-ring (bicyclic) bond motifs is 2. The lowest BCUT2D eigenvalue weighted by Crippen LogP contribution is -2.39. The van der Waals surface area contributed by atoms with Crippen LogP contribution >= 0.6 is 0 Å². The lowest BCUT2D eigenvalue weighted by Gasteiger charge is -2.34. The fraction of sp³-hybridized carbons (Fsp3) is 0.292. The van der Waals surface area contributed by atoms with Crippen molar-refractivity contribution in [3.8, 4) is 0 Å². The number of aryl methyl sites for hydroxylation is 1. The van der Waals surface area contributed by atoms with Gasteiger partial charge in [-0.05, 0) is 37.1 Å². The third kappa shape index (κ3) is 3.42. The topological polar surface area (TPSA) is 109 Å². The molecule has 2 aromatic carbocycles. The molecule has 2 aromatic heterocycles. The van der Waals surface area contributed by atoms with Crippen molar-refractivity contribution in [2.45, 2.75) is 24.8 Å². The summed E-state index contributed by atoms with van der Waals surface area (Å²) in [7, 11) is 1.80. The first-order chi connectivity index (χ1) is 15.4. The molecule has 4 aromatic rings. The lowest BCUT2D eigenvalue weighted by atomic mass is 9.94. The van der Waals surface area contributed by atoms with Crippen molar-refractivity contribution in [2.24, 2.45) is 7.05 Å². The Morgan fingerprint density at radius 1 is 1.12 bits per heavy atom. The van der Waals surface area contributed by atoms with E-state index < -0.39 is 18.0 Å². The summed E-state index contributed by atoms with van der Waals surface area (Å²) >= 11 is 0. The number of rotatable bonds is 5. The largest absolute Gasteiger partial charge is 0.480 e. The van der Waals surface area contributed by atoms with Gasteiger partial charge in [0, 0.05) is 48.7 Å². The van der Waals surface area contributed by atoms with Gasteiger partial charge >= 0.3 is 11.9 Å². The molecule has 3 heterocycles. The van der Waals surface area contributed by atoms with E-state index in [-0.39, 0.29) is 11.5 Å².